The molecule has 2 aromatic carbocycles. The van der Waals surface area contributed by atoms with Crippen molar-refractivity contribution in [3.05, 3.63) is 72.3 Å². The third-order valence-electron chi connectivity index (χ3n) is 4.44. The second-order valence-electron chi connectivity index (χ2n) is 6.00. The zero-order valence-electron chi connectivity index (χ0n) is 14.5. The average molecular weight is 344 g/mol. The van der Waals surface area contributed by atoms with Crippen molar-refractivity contribution in [2.24, 2.45) is 0 Å². The molecule has 0 atom stereocenters. The fourth-order valence-corrected chi connectivity index (χ4v) is 3.12. The lowest BCUT2D eigenvalue weighted by Gasteiger charge is -2.13. The fourth-order valence-electron chi connectivity index (χ4n) is 3.12. The van der Waals surface area contributed by atoms with E-state index in [2.05, 4.69) is 15.3 Å². The molecule has 1 N–H and O–H groups in total. The van der Waals surface area contributed by atoms with Crippen molar-refractivity contribution < 1.29 is 4.39 Å². The van der Waals surface area contributed by atoms with Crippen LogP contribution in [0.2, 0.25) is 0 Å². The lowest BCUT2D eigenvalue weighted by Crippen LogP contribution is -2.01. The molecule has 0 saturated carbocycles. The molecule has 0 radical (unpaired) electrons. The molecule has 0 saturated heterocycles. The predicted molar refractivity (Wildman–Crippen MR) is 102 cm³/mol. The minimum Gasteiger partial charge on any atom is -0.373 e. The smallest absolute Gasteiger partial charge is 0.163 e. The summed E-state index contributed by atoms with van der Waals surface area (Å²) in [5, 5.41) is 4.03. The summed E-state index contributed by atoms with van der Waals surface area (Å²) in [7, 11) is 1.83. The van der Waals surface area contributed by atoms with Crippen LogP contribution in [0.5, 0.6) is 0 Å². The summed E-state index contributed by atoms with van der Waals surface area (Å²) in [6.45, 7) is 1.96. The van der Waals surface area contributed by atoms with Crippen LogP contribution in [-0.4, -0.2) is 22.0 Å². The van der Waals surface area contributed by atoms with E-state index in [0.29, 0.717) is 11.4 Å². The first kappa shape index (κ1) is 16.1. The highest BCUT2D eigenvalue weighted by Gasteiger charge is 2.15. The average Bonchev–Trinajstić information content (AvgIpc) is 2.69. The van der Waals surface area contributed by atoms with E-state index in [1.807, 2.05) is 44.3 Å². The molecule has 128 valence electrons. The van der Waals surface area contributed by atoms with Gasteiger partial charge in [-0.05, 0) is 42.3 Å². The Morgan fingerprint density at radius 2 is 1.77 bits per heavy atom. The van der Waals surface area contributed by atoms with Crippen LogP contribution in [0, 0.1) is 12.7 Å². The number of halogens is 1. The SMILES string of the molecule is CNc1nc(-c2cccnc2)nc2c(C)c(-c3ccccc3F)ccc12. The molecule has 4 rings (SSSR count). The molecule has 0 bridgehead atoms. The standard InChI is InChI=1S/C21H17FN4/c1-13-15(16-7-3-4-8-18(16)22)9-10-17-19(13)25-20(26-21(17)23-2)14-6-5-11-24-12-14/h3-12H,1-2H3,(H,23,25,26). The number of pyridine rings is 1. The van der Waals surface area contributed by atoms with Crippen molar-refractivity contribution in [2.75, 3.05) is 12.4 Å². The lowest BCUT2D eigenvalue weighted by atomic mass is 9.97. The number of nitrogens with one attached hydrogen (secondary N) is 1. The lowest BCUT2D eigenvalue weighted by molar-refractivity contribution is 0.631. The maximum absolute atomic E-state index is 14.3. The molecule has 0 fully saturated rings. The number of hydrogen-bond donors (Lipinski definition) is 1. The minimum atomic E-state index is -0.245. The van der Waals surface area contributed by atoms with Crippen molar-refractivity contribution in [1.29, 1.82) is 0 Å². The van der Waals surface area contributed by atoms with Gasteiger partial charge in [-0.25, -0.2) is 14.4 Å². The van der Waals surface area contributed by atoms with Crippen LogP contribution >= 0.6 is 0 Å². The second kappa shape index (κ2) is 6.52. The second-order valence-corrected chi connectivity index (χ2v) is 6.00. The third-order valence-corrected chi connectivity index (χ3v) is 4.44. The van der Waals surface area contributed by atoms with Gasteiger partial charge in [0, 0.05) is 36.0 Å². The van der Waals surface area contributed by atoms with Crippen LogP contribution < -0.4 is 5.32 Å². The van der Waals surface area contributed by atoms with Crippen LogP contribution in [-0.2, 0) is 0 Å². The van der Waals surface area contributed by atoms with Gasteiger partial charge in [0.1, 0.15) is 11.6 Å². The van der Waals surface area contributed by atoms with Gasteiger partial charge >= 0.3 is 0 Å². The Bertz CT molecular complexity index is 1090. The molecule has 4 nitrogen and oxygen atoms in total. The minimum absolute atomic E-state index is 0.245. The molecule has 26 heavy (non-hydrogen) atoms. The van der Waals surface area contributed by atoms with Gasteiger partial charge in [-0.3, -0.25) is 4.98 Å². The van der Waals surface area contributed by atoms with Crippen molar-refractivity contribution in [1.82, 2.24) is 15.0 Å². The van der Waals surface area contributed by atoms with E-state index in [9.17, 15) is 4.39 Å². The molecule has 0 aliphatic heterocycles. The Kier molecular flexibility index (Phi) is 4.05. The van der Waals surface area contributed by atoms with Gasteiger partial charge in [0.2, 0.25) is 0 Å². The largest absolute Gasteiger partial charge is 0.373 e. The van der Waals surface area contributed by atoms with Gasteiger partial charge in [0.15, 0.2) is 5.82 Å². The van der Waals surface area contributed by atoms with Crippen molar-refractivity contribution in [3.63, 3.8) is 0 Å². The molecule has 4 aromatic rings. The van der Waals surface area contributed by atoms with E-state index in [0.717, 1.165) is 33.4 Å². The zero-order valence-corrected chi connectivity index (χ0v) is 14.5. The Balaban J connectivity index is 2.00. The molecule has 0 aliphatic rings. The summed E-state index contributed by atoms with van der Waals surface area (Å²) in [5.74, 6) is 1.08. The maximum Gasteiger partial charge on any atom is 0.163 e. The maximum atomic E-state index is 14.3. The van der Waals surface area contributed by atoms with Crippen LogP contribution in [0.25, 0.3) is 33.4 Å². The van der Waals surface area contributed by atoms with Crippen LogP contribution in [0.1, 0.15) is 5.56 Å². The molecule has 0 aliphatic carbocycles. The van der Waals surface area contributed by atoms with Gasteiger partial charge in [0.05, 0.1) is 5.52 Å². The van der Waals surface area contributed by atoms with Crippen molar-refractivity contribution >= 4 is 16.7 Å². The van der Waals surface area contributed by atoms with E-state index in [4.69, 9.17) is 4.98 Å². The monoisotopic (exact) mass is 344 g/mol. The number of hydrogen-bond acceptors (Lipinski definition) is 4. The Hall–Kier alpha value is -3.34. The number of anilines is 1. The molecular weight excluding hydrogens is 327 g/mol. The molecule has 0 spiro atoms. The number of nitrogens with zero attached hydrogens (tertiary/aromatic N) is 3. The number of benzene rings is 2. The van der Waals surface area contributed by atoms with E-state index in [1.165, 1.54) is 6.07 Å². The van der Waals surface area contributed by atoms with Gasteiger partial charge in [-0.15, -0.1) is 0 Å². The van der Waals surface area contributed by atoms with Crippen LogP contribution in [0.4, 0.5) is 10.2 Å². The van der Waals surface area contributed by atoms with E-state index >= 15 is 0 Å². The summed E-state index contributed by atoms with van der Waals surface area (Å²) in [6, 6.07) is 14.4. The number of rotatable bonds is 3. The number of fused-ring (bicyclic) bond motifs is 1. The van der Waals surface area contributed by atoms with Gasteiger partial charge in [-0.2, -0.15) is 0 Å². The Labute approximate surface area is 150 Å². The summed E-state index contributed by atoms with van der Waals surface area (Å²) >= 11 is 0. The molecule has 2 aromatic heterocycles. The molecule has 0 amide bonds. The first-order valence-electron chi connectivity index (χ1n) is 8.33. The fraction of sp³-hybridized carbons (Fsp3) is 0.0952. The predicted octanol–water partition coefficient (Wildman–Crippen LogP) is 4.85. The van der Waals surface area contributed by atoms with Crippen LogP contribution in [0.3, 0.4) is 0 Å². The van der Waals surface area contributed by atoms with Crippen molar-refractivity contribution in [2.45, 2.75) is 6.92 Å². The highest BCUT2D eigenvalue weighted by Crippen LogP contribution is 2.33. The summed E-state index contributed by atoms with van der Waals surface area (Å²) in [6.07, 6.45) is 3.45. The van der Waals surface area contributed by atoms with Gasteiger partial charge in [0.25, 0.3) is 0 Å². The molecule has 0 unspecified atom stereocenters. The quantitative estimate of drug-likeness (QED) is 0.577. The van der Waals surface area contributed by atoms with Gasteiger partial charge < -0.3 is 5.32 Å². The zero-order chi connectivity index (χ0) is 18.1. The highest BCUT2D eigenvalue weighted by atomic mass is 19.1. The molecule has 5 heteroatoms. The summed E-state index contributed by atoms with van der Waals surface area (Å²) in [5.41, 5.74) is 3.94. The summed E-state index contributed by atoms with van der Waals surface area (Å²) < 4.78 is 14.3. The molecule has 2 heterocycles. The van der Waals surface area contributed by atoms with E-state index < -0.39 is 0 Å². The third kappa shape index (κ3) is 2.67. The van der Waals surface area contributed by atoms with Gasteiger partial charge in [-0.1, -0.05) is 24.3 Å². The molecular formula is C21H17FN4. The number of aromatic nitrogens is 3. The van der Waals surface area contributed by atoms with Crippen molar-refractivity contribution in [3.8, 4) is 22.5 Å². The first-order chi connectivity index (χ1) is 12.7. The Morgan fingerprint density at radius 1 is 0.923 bits per heavy atom. The van der Waals surface area contributed by atoms with Crippen LogP contribution in [0.15, 0.2) is 60.9 Å². The normalized spacial score (nSPS) is 10.9. The number of aryl methyl sites for hydroxylation is 1. The Morgan fingerprint density at radius 3 is 2.50 bits per heavy atom. The van der Waals surface area contributed by atoms with E-state index in [1.54, 1.807) is 24.5 Å². The first-order valence-corrected chi connectivity index (χ1v) is 8.33. The topological polar surface area (TPSA) is 50.7 Å². The van der Waals surface area contributed by atoms with E-state index in [-0.39, 0.29) is 5.82 Å². The highest BCUT2D eigenvalue weighted by molar-refractivity contribution is 5.96. The summed E-state index contributed by atoms with van der Waals surface area (Å²) in [4.78, 5) is 13.5.